The normalized spacial score (nSPS) is 13.9. The van der Waals surface area contributed by atoms with E-state index < -0.39 is 18.0 Å². The van der Waals surface area contributed by atoms with Crippen molar-refractivity contribution in [1.29, 1.82) is 0 Å². The first-order valence-corrected chi connectivity index (χ1v) is 25.3. The molecule has 0 N–H and O–H groups in total. The number of allylic oxidation sites excluding steroid dienone is 34. The largest absolute Gasteiger partial charge is 0.462 e. The van der Waals surface area contributed by atoms with E-state index in [1.54, 1.807) is 0 Å². The Kier molecular flexibility index (Phi) is 48.9. The molecule has 68 heavy (non-hydrogen) atoms. The van der Waals surface area contributed by atoms with Crippen molar-refractivity contribution >= 4 is 17.9 Å². The van der Waals surface area contributed by atoms with Gasteiger partial charge in [0.2, 0.25) is 0 Å². The van der Waals surface area contributed by atoms with Crippen LogP contribution >= 0.6 is 0 Å². The zero-order valence-electron chi connectivity index (χ0n) is 42.0. The molecule has 0 aromatic rings. The molecule has 0 saturated carbocycles. The molecule has 0 fully saturated rings. The second-order valence-electron chi connectivity index (χ2n) is 15.5. The van der Waals surface area contributed by atoms with Crippen LogP contribution in [0.2, 0.25) is 0 Å². The van der Waals surface area contributed by atoms with Crippen LogP contribution in [0, 0.1) is 0 Å². The van der Waals surface area contributed by atoms with Crippen LogP contribution in [-0.2, 0) is 28.6 Å². The minimum absolute atomic E-state index is 0.156. The Bertz CT molecular complexity index is 1780. The molecule has 0 aliphatic carbocycles. The number of esters is 3. The molecule has 0 saturated heterocycles. The third-order valence-electron chi connectivity index (χ3n) is 9.35. The summed E-state index contributed by atoms with van der Waals surface area (Å²) >= 11 is 0. The van der Waals surface area contributed by atoms with Crippen LogP contribution in [0.15, 0.2) is 207 Å². The van der Waals surface area contributed by atoms with Gasteiger partial charge in [-0.05, 0) is 89.9 Å². The van der Waals surface area contributed by atoms with Crippen LogP contribution in [0.1, 0.15) is 143 Å². The Morgan fingerprint density at radius 3 is 1.03 bits per heavy atom. The SMILES string of the molecule is CC\C=C/C=C\C=C/C=C\C=C\C=C/CCCCCC(=O)OCC(COC(=O)CC/C=C\C/C=C\C/C=C\C/C=C\C/C=C\CC)OC(=O)CCCCC\C=C/C=C/C=C\C=C/C=C\C=C/CC. The third kappa shape index (κ3) is 51.0. The van der Waals surface area contributed by atoms with E-state index in [-0.39, 0.29) is 38.4 Å². The zero-order chi connectivity index (χ0) is 49.3. The molecule has 0 bridgehead atoms. The van der Waals surface area contributed by atoms with Gasteiger partial charge < -0.3 is 14.2 Å². The third-order valence-corrected chi connectivity index (χ3v) is 9.35. The summed E-state index contributed by atoms with van der Waals surface area (Å²) in [7, 11) is 0. The number of ether oxygens (including phenoxy) is 3. The Balaban J connectivity index is 4.75. The summed E-state index contributed by atoms with van der Waals surface area (Å²) < 4.78 is 16.6. The van der Waals surface area contributed by atoms with Gasteiger partial charge in [-0.25, -0.2) is 0 Å². The van der Waals surface area contributed by atoms with Crippen molar-refractivity contribution in [2.45, 2.75) is 149 Å². The van der Waals surface area contributed by atoms with Gasteiger partial charge in [0.25, 0.3) is 0 Å². The van der Waals surface area contributed by atoms with Crippen molar-refractivity contribution in [1.82, 2.24) is 0 Å². The average Bonchev–Trinajstić information content (AvgIpc) is 3.34. The van der Waals surface area contributed by atoms with Crippen LogP contribution in [0.4, 0.5) is 0 Å². The van der Waals surface area contributed by atoms with Gasteiger partial charge in [0, 0.05) is 19.3 Å². The summed E-state index contributed by atoms with van der Waals surface area (Å²) in [5, 5.41) is 0. The second kappa shape index (κ2) is 53.6. The lowest BCUT2D eigenvalue weighted by molar-refractivity contribution is -0.166. The molecular weight excluding hydrogens is 841 g/mol. The fourth-order valence-electron chi connectivity index (χ4n) is 5.67. The van der Waals surface area contributed by atoms with Crippen molar-refractivity contribution in [3.05, 3.63) is 207 Å². The molecule has 0 spiro atoms. The number of rotatable bonds is 41. The van der Waals surface area contributed by atoms with Crippen LogP contribution in [-0.4, -0.2) is 37.2 Å². The minimum Gasteiger partial charge on any atom is -0.462 e. The first kappa shape index (κ1) is 62.0. The molecule has 0 heterocycles. The van der Waals surface area contributed by atoms with Crippen molar-refractivity contribution in [2.75, 3.05) is 13.2 Å². The van der Waals surface area contributed by atoms with E-state index in [0.29, 0.717) is 19.3 Å². The van der Waals surface area contributed by atoms with E-state index >= 15 is 0 Å². The summed E-state index contributed by atoms with van der Waals surface area (Å²) in [6.07, 6.45) is 83.8. The zero-order valence-corrected chi connectivity index (χ0v) is 42.0. The Morgan fingerprint density at radius 1 is 0.309 bits per heavy atom. The van der Waals surface area contributed by atoms with Gasteiger partial charge >= 0.3 is 17.9 Å². The summed E-state index contributed by atoms with van der Waals surface area (Å²) in [5.74, 6) is -1.15. The number of hydrogen-bond acceptors (Lipinski definition) is 6. The van der Waals surface area contributed by atoms with Gasteiger partial charge in [0.1, 0.15) is 13.2 Å². The molecule has 0 aromatic carbocycles. The highest BCUT2D eigenvalue weighted by Crippen LogP contribution is 2.10. The predicted octanol–water partition coefficient (Wildman–Crippen LogP) is 16.9. The van der Waals surface area contributed by atoms with E-state index in [1.807, 2.05) is 134 Å². The van der Waals surface area contributed by atoms with E-state index in [9.17, 15) is 14.4 Å². The monoisotopic (exact) mass is 927 g/mol. The average molecular weight is 927 g/mol. The van der Waals surface area contributed by atoms with Gasteiger partial charge in [0.05, 0.1) is 0 Å². The molecule has 0 radical (unpaired) electrons. The summed E-state index contributed by atoms with van der Waals surface area (Å²) in [5.41, 5.74) is 0. The van der Waals surface area contributed by atoms with Crippen molar-refractivity contribution in [2.24, 2.45) is 0 Å². The first-order chi connectivity index (χ1) is 33.5. The molecule has 6 heteroatoms. The lowest BCUT2D eigenvalue weighted by Gasteiger charge is -2.18. The highest BCUT2D eigenvalue weighted by Gasteiger charge is 2.19. The number of hydrogen-bond donors (Lipinski definition) is 0. The van der Waals surface area contributed by atoms with Gasteiger partial charge in [0.15, 0.2) is 6.10 Å². The standard InChI is InChI=1S/C62H86O6/c1-4-7-10-13-16-19-22-25-28-31-34-37-40-43-46-49-52-55-61(64)67-58-59(57-66-60(63)54-51-48-45-42-39-36-33-30-27-24-21-18-15-12-9-6-3)68-62(65)56-53-50-47-44-41-38-35-32-29-26-23-20-17-14-11-8-5-2/h7-14,16-23,25-32,34-41,45,48,59H,4-6,15,24,33,42-44,46-47,49-58H2,1-3H3/b10-7-,11-8-,12-9-,16-13-,17-14-,21-18-,22-19-,23-20-,28-25-,29-26-,30-27-,34-31+,35-32+,39-36-,40-37-,41-38-,48-45-. The van der Waals surface area contributed by atoms with Gasteiger partial charge in [-0.2, -0.15) is 0 Å². The first-order valence-electron chi connectivity index (χ1n) is 25.3. The molecule has 0 rings (SSSR count). The fourth-order valence-corrected chi connectivity index (χ4v) is 5.67. The lowest BCUT2D eigenvalue weighted by atomic mass is 10.1. The molecule has 0 aliphatic heterocycles. The smallest absolute Gasteiger partial charge is 0.306 e. The fraction of sp³-hybridized carbons (Fsp3) is 0.403. The van der Waals surface area contributed by atoms with Gasteiger partial charge in [-0.3, -0.25) is 14.4 Å². The van der Waals surface area contributed by atoms with E-state index in [0.717, 1.165) is 83.5 Å². The lowest BCUT2D eigenvalue weighted by Crippen LogP contribution is -2.30. The number of carbonyl (C=O) groups excluding carboxylic acids is 3. The molecule has 0 aromatic heterocycles. The van der Waals surface area contributed by atoms with Crippen LogP contribution in [0.25, 0.3) is 0 Å². The van der Waals surface area contributed by atoms with Gasteiger partial charge in [-0.1, -0.05) is 240 Å². The van der Waals surface area contributed by atoms with E-state index in [4.69, 9.17) is 14.2 Å². The topological polar surface area (TPSA) is 78.9 Å². The second-order valence-corrected chi connectivity index (χ2v) is 15.5. The van der Waals surface area contributed by atoms with E-state index in [1.165, 1.54) is 0 Å². The maximum atomic E-state index is 12.8. The summed E-state index contributed by atoms with van der Waals surface area (Å²) in [4.78, 5) is 38.0. The van der Waals surface area contributed by atoms with Gasteiger partial charge in [-0.15, -0.1) is 0 Å². The van der Waals surface area contributed by atoms with Crippen molar-refractivity contribution in [3.63, 3.8) is 0 Å². The van der Waals surface area contributed by atoms with Crippen molar-refractivity contribution < 1.29 is 28.6 Å². The Hall–Kier alpha value is -6.01. The van der Waals surface area contributed by atoms with E-state index in [2.05, 4.69) is 93.7 Å². The van der Waals surface area contributed by atoms with Crippen molar-refractivity contribution in [3.8, 4) is 0 Å². The summed E-state index contributed by atoms with van der Waals surface area (Å²) in [6.45, 7) is 6.04. The summed E-state index contributed by atoms with van der Waals surface area (Å²) in [6, 6.07) is 0. The Labute approximate surface area is 413 Å². The molecule has 0 amide bonds. The highest BCUT2D eigenvalue weighted by molar-refractivity contribution is 5.71. The quantitative estimate of drug-likeness (QED) is 0.0200. The predicted molar refractivity (Wildman–Crippen MR) is 292 cm³/mol. The maximum absolute atomic E-state index is 12.8. The minimum atomic E-state index is -0.864. The molecule has 1 unspecified atom stereocenters. The number of unbranched alkanes of at least 4 members (excludes halogenated alkanes) is 6. The number of carbonyl (C=O) groups is 3. The van der Waals surface area contributed by atoms with Crippen LogP contribution in [0.5, 0.6) is 0 Å². The molecule has 1 atom stereocenters. The van der Waals surface area contributed by atoms with Crippen LogP contribution < -0.4 is 0 Å². The van der Waals surface area contributed by atoms with Crippen LogP contribution in [0.3, 0.4) is 0 Å². The maximum Gasteiger partial charge on any atom is 0.306 e. The Morgan fingerprint density at radius 2 is 0.632 bits per heavy atom. The molecule has 6 nitrogen and oxygen atoms in total. The highest BCUT2D eigenvalue weighted by atomic mass is 16.6. The molecular formula is C62H86O6. The molecule has 0 aliphatic rings. The molecule has 370 valence electrons.